The molecule has 4 aromatic rings. The number of likely N-dealkylation sites (tertiary alicyclic amines) is 2. The van der Waals surface area contributed by atoms with Crippen LogP contribution in [0.15, 0.2) is 72.5 Å². The number of fused-ring (bicyclic) bond motifs is 1. The Kier molecular flexibility index (Phi) is 12.1. The van der Waals surface area contributed by atoms with Gasteiger partial charge in [0.05, 0.1) is 24.2 Å². The molecule has 15 nitrogen and oxygen atoms in total. The van der Waals surface area contributed by atoms with Crippen LogP contribution in [0.4, 0.5) is 14.9 Å². The van der Waals surface area contributed by atoms with Gasteiger partial charge in [-0.15, -0.1) is 0 Å². The Morgan fingerprint density at radius 2 is 1.71 bits per heavy atom. The third kappa shape index (κ3) is 8.91. The number of aromatic nitrogens is 2. The van der Waals surface area contributed by atoms with E-state index in [1.807, 2.05) is 45.9 Å². The second-order valence-corrected chi connectivity index (χ2v) is 17.8. The minimum atomic E-state index is -1.39. The van der Waals surface area contributed by atoms with Crippen molar-refractivity contribution in [2.75, 3.05) is 57.3 Å². The SMILES string of the molecule is Cc1cc(C2CN(C(/C=C(\N)c3ccccc3O)=C(N)N)C(C)CO2)c(C)cc1C(=O)N1CCC(F)(CN2CCC(n3cc(C)c4cc(N5CCC(=O)NC5=O)cnc43)CC2)CC1. The van der Waals surface area contributed by atoms with Crippen LogP contribution in [0.5, 0.6) is 5.75 Å². The number of benzene rings is 2. The molecule has 6 heterocycles. The maximum Gasteiger partial charge on any atom is 0.328 e. The molecule has 0 spiro atoms. The number of pyridine rings is 1. The van der Waals surface area contributed by atoms with Crippen molar-refractivity contribution in [3.05, 3.63) is 106 Å². The number of nitrogens with one attached hydrogen (secondary N) is 1. The van der Waals surface area contributed by atoms with Crippen LogP contribution in [-0.4, -0.2) is 111 Å². The summed E-state index contributed by atoms with van der Waals surface area (Å²) in [5.74, 6) is -0.223. The van der Waals surface area contributed by atoms with E-state index in [-0.39, 0.29) is 60.8 Å². The first-order valence-corrected chi connectivity index (χ1v) is 21.9. The van der Waals surface area contributed by atoms with Crippen LogP contribution in [0.25, 0.3) is 16.7 Å². The molecule has 8 rings (SSSR count). The fourth-order valence-electron chi connectivity index (χ4n) is 9.68. The largest absolute Gasteiger partial charge is 0.507 e. The third-order valence-electron chi connectivity index (χ3n) is 13.4. The van der Waals surface area contributed by atoms with Crippen LogP contribution < -0.4 is 27.4 Å². The van der Waals surface area contributed by atoms with Gasteiger partial charge in [0.2, 0.25) is 5.91 Å². The van der Waals surface area contributed by atoms with Crippen molar-refractivity contribution in [2.45, 2.75) is 83.7 Å². The number of rotatable bonds is 9. The smallest absolute Gasteiger partial charge is 0.328 e. The summed E-state index contributed by atoms with van der Waals surface area (Å²) in [5.41, 5.74) is 24.7. The van der Waals surface area contributed by atoms with E-state index in [0.717, 1.165) is 59.2 Å². The van der Waals surface area contributed by atoms with Crippen molar-refractivity contribution < 1.29 is 28.6 Å². The summed E-state index contributed by atoms with van der Waals surface area (Å²) < 4.78 is 25.1. The number of morpholine rings is 1. The van der Waals surface area contributed by atoms with E-state index in [4.69, 9.17) is 26.9 Å². The lowest BCUT2D eigenvalue weighted by Gasteiger charge is -2.42. The number of imide groups is 1. The second kappa shape index (κ2) is 17.6. The highest BCUT2D eigenvalue weighted by Crippen LogP contribution is 2.36. The van der Waals surface area contributed by atoms with E-state index in [1.54, 1.807) is 46.3 Å². The molecule has 4 aliphatic heterocycles. The number of allylic oxidation sites excluding steroid dienone is 1. The van der Waals surface area contributed by atoms with Gasteiger partial charge >= 0.3 is 6.03 Å². The predicted octanol–water partition coefficient (Wildman–Crippen LogP) is 5.24. The molecule has 4 aliphatic rings. The Morgan fingerprint density at radius 1 is 0.984 bits per heavy atom. The number of phenols is 1. The lowest BCUT2D eigenvalue weighted by atomic mass is 9.90. The average molecular weight is 863 g/mol. The number of carbonyl (C=O) groups excluding carboxylic acids is 3. The number of nitrogens with zero attached hydrogens (tertiary/aromatic N) is 6. The summed E-state index contributed by atoms with van der Waals surface area (Å²) in [6, 6.07) is 12.4. The number of aromatic hydroxyl groups is 1. The molecule has 2 aromatic heterocycles. The number of halogens is 1. The van der Waals surface area contributed by atoms with Crippen molar-refractivity contribution in [3.63, 3.8) is 0 Å². The zero-order valence-corrected chi connectivity index (χ0v) is 36.6. The van der Waals surface area contributed by atoms with Gasteiger partial charge in [-0.2, -0.15) is 0 Å². The Bertz CT molecular complexity index is 2480. The van der Waals surface area contributed by atoms with Gasteiger partial charge in [-0.3, -0.25) is 19.8 Å². The minimum Gasteiger partial charge on any atom is -0.507 e. The number of urea groups is 1. The first kappa shape index (κ1) is 43.5. The maximum absolute atomic E-state index is 16.5. The Labute approximate surface area is 367 Å². The van der Waals surface area contributed by atoms with Crippen LogP contribution in [0, 0.1) is 20.8 Å². The second-order valence-electron chi connectivity index (χ2n) is 17.8. The number of alkyl halides is 1. The van der Waals surface area contributed by atoms with Gasteiger partial charge in [0.1, 0.15) is 29.0 Å². The Morgan fingerprint density at radius 3 is 2.41 bits per heavy atom. The summed E-state index contributed by atoms with van der Waals surface area (Å²) >= 11 is 0. The zero-order chi connectivity index (χ0) is 44.7. The van der Waals surface area contributed by atoms with Gasteiger partial charge in [0, 0.05) is 106 Å². The standard InChI is InChI=1S/C47H59FN10O5/c1-28-20-37(29(2)19-35(28)41-25-57(31(4)26-63-41)39(43(50)51)22-38(49)34-7-5-6-8-40(34)59)45(61)55-17-12-47(48,13-18-55)27-54-14-9-32(10-15-54)58-24-30(3)36-21-33(23-52-44(36)58)56-16-11-42(60)53-46(56)62/h5-8,19-24,31-32,41,59H,9-18,25-27,49-51H2,1-4H3,(H,53,60,62)/b38-22-. The summed E-state index contributed by atoms with van der Waals surface area (Å²) in [4.78, 5) is 50.5. The van der Waals surface area contributed by atoms with E-state index < -0.39 is 11.7 Å². The molecule has 2 unspecified atom stereocenters. The van der Waals surface area contributed by atoms with Crippen LogP contribution in [0.1, 0.15) is 89.3 Å². The Hall–Kier alpha value is -6.13. The number of aryl methyl sites for hydroxylation is 3. The zero-order valence-electron chi connectivity index (χ0n) is 36.6. The molecule has 334 valence electrons. The molecule has 63 heavy (non-hydrogen) atoms. The first-order chi connectivity index (χ1) is 30.1. The molecule has 0 bridgehead atoms. The number of amides is 4. The number of hydrogen-bond donors (Lipinski definition) is 5. The molecule has 4 fully saturated rings. The lowest BCUT2D eigenvalue weighted by Crippen LogP contribution is -2.51. The highest BCUT2D eigenvalue weighted by Gasteiger charge is 2.39. The number of nitrogens with two attached hydrogens (primary N) is 3. The topological polar surface area (TPSA) is 202 Å². The molecule has 4 saturated heterocycles. The molecule has 8 N–H and O–H groups in total. The van der Waals surface area contributed by atoms with Gasteiger partial charge in [0.15, 0.2) is 0 Å². The van der Waals surface area contributed by atoms with E-state index in [0.29, 0.717) is 67.5 Å². The number of ether oxygens (including phenoxy) is 1. The summed E-state index contributed by atoms with van der Waals surface area (Å²) in [5, 5.41) is 13.7. The first-order valence-electron chi connectivity index (χ1n) is 21.9. The van der Waals surface area contributed by atoms with E-state index in [1.165, 1.54) is 0 Å². The van der Waals surface area contributed by atoms with Crippen LogP contribution in [0.3, 0.4) is 0 Å². The molecular formula is C47H59FN10O5. The number of hydrogen-bond acceptors (Lipinski definition) is 11. The fourth-order valence-corrected chi connectivity index (χ4v) is 9.68. The number of anilines is 1. The van der Waals surface area contributed by atoms with Crippen molar-refractivity contribution in [3.8, 4) is 5.75 Å². The number of piperidine rings is 2. The summed E-state index contributed by atoms with van der Waals surface area (Å²) in [6.45, 7) is 11.6. The molecule has 2 atom stereocenters. The molecule has 4 amide bonds. The van der Waals surface area contributed by atoms with Crippen molar-refractivity contribution in [1.82, 2.24) is 29.6 Å². The normalized spacial score (nSPS) is 21.5. The molecule has 0 saturated carbocycles. The van der Waals surface area contributed by atoms with E-state index in [2.05, 4.69) is 25.9 Å². The minimum absolute atomic E-state index is 0.0537. The molecular weight excluding hydrogens is 804 g/mol. The van der Waals surface area contributed by atoms with Gasteiger partial charge in [-0.1, -0.05) is 18.2 Å². The predicted molar refractivity (Wildman–Crippen MR) is 240 cm³/mol. The van der Waals surface area contributed by atoms with Crippen LogP contribution >= 0.6 is 0 Å². The van der Waals surface area contributed by atoms with E-state index in [9.17, 15) is 19.5 Å². The number of para-hydroxylation sites is 1. The quantitative estimate of drug-likeness (QED) is 0.138. The highest BCUT2D eigenvalue weighted by molar-refractivity contribution is 6.06. The maximum atomic E-state index is 16.5. The molecule has 16 heteroatoms. The number of phenolic OH excluding ortho intramolecular Hbond substituents is 1. The fraction of sp³-hybridized carbons (Fsp3) is 0.447. The highest BCUT2D eigenvalue weighted by atomic mass is 19.1. The molecule has 2 aromatic carbocycles. The third-order valence-corrected chi connectivity index (χ3v) is 13.4. The van der Waals surface area contributed by atoms with Crippen LogP contribution in [-0.2, 0) is 9.53 Å². The van der Waals surface area contributed by atoms with Gasteiger partial charge < -0.3 is 46.3 Å². The number of carbonyl (C=O) groups is 3. The van der Waals surface area contributed by atoms with Crippen LogP contribution in [0.2, 0.25) is 0 Å². The average Bonchev–Trinajstić information content (AvgIpc) is 3.59. The summed E-state index contributed by atoms with van der Waals surface area (Å²) in [6.07, 6.45) is 7.66. The van der Waals surface area contributed by atoms with Gasteiger partial charge in [-0.25, -0.2) is 14.2 Å². The van der Waals surface area contributed by atoms with Crippen molar-refractivity contribution in [2.24, 2.45) is 17.2 Å². The van der Waals surface area contributed by atoms with E-state index >= 15 is 4.39 Å². The monoisotopic (exact) mass is 862 g/mol. The lowest BCUT2D eigenvalue weighted by molar-refractivity contribution is -0.120. The molecule has 0 aliphatic carbocycles. The van der Waals surface area contributed by atoms with Gasteiger partial charge in [-0.05, 0) is 93.1 Å². The van der Waals surface area contributed by atoms with Crippen molar-refractivity contribution in [1.29, 1.82) is 0 Å². The van der Waals surface area contributed by atoms with Crippen molar-refractivity contribution >= 4 is 40.3 Å². The summed E-state index contributed by atoms with van der Waals surface area (Å²) in [7, 11) is 0. The Balaban J connectivity index is 0.864. The molecule has 0 radical (unpaired) electrons. The van der Waals surface area contributed by atoms with Gasteiger partial charge in [0.25, 0.3) is 5.91 Å².